The number of benzene rings is 1. The van der Waals surface area contributed by atoms with E-state index in [-0.39, 0.29) is 17.4 Å². The average Bonchev–Trinajstić information content (AvgIpc) is 2.45. The van der Waals surface area contributed by atoms with Crippen LogP contribution in [0.4, 0.5) is 0 Å². The number of carboxylic acid groups (broad SMARTS) is 1. The summed E-state index contributed by atoms with van der Waals surface area (Å²) in [6, 6.07) is 5.97. The Morgan fingerprint density at radius 2 is 1.95 bits per heavy atom. The Kier molecular flexibility index (Phi) is 6.80. The highest BCUT2D eigenvalue weighted by Gasteiger charge is 2.18. The van der Waals surface area contributed by atoms with E-state index >= 15 is 0 Å². The number of aryl methyl sites for hydroxylation is 1. The molecule has 0 aliphatic rings. The fourth-order valence-electron chi connectivity index (χ4n) is 1.81. The van der Waals surface area contributed by atoms with Crippen LogP contribution in [0.1, 0.15) is 25.3 Å². The van der Waals surface area contributed by atoms with E-state index in [1.807, 2.05) is 6.92 Å². The normalized spacial score (nSPS) is 13.0. The molecule has 1 atom stereocenters. The van der Waals surface area contributed by atoms with E-state index in [9.17, 15) is 13.2 Å². The maximum Gasteiger partial charge on any atom is 0.303 e. The van der Waals surface area contributed by atoms with Gasteiger partial charge in [-0.1, -0.05) is 19.1 Å². The minimum absolute atomic E-state index is 0.0239. The second kappa shape index (κ2) is 8.11. The van der Waals surface area contributed by atoms with Crippen LogP contribution >= 0.6 is 0 Å². The third kappa shape index (κ3) is 5.82. The largest absolute Gasteiger partial charge is 0.481 e. The number of carbonyl (C=O) groups is 1. The summed E-state index contributed by atoms with van der Waals surface area (Å²) >= 11 is 0. The highest BCUT2D eigenvalue weighted by Crippen LogP contribution is 2.13. The van der Waals surface area contributed by atoms with Crippen molar-refractivity contribution >= 4 is 16.0 Å². The van der Waals surface area contributed by atoms with E-state index in [1.165, 1.54) is 19.2 Å². The van der Waals surface area contributed by atoms with Gasteiger partial charge in [0, 0.05) is 19.6 Å². The molecule has 6 nitrogen and oxygen atoms in total. The first-order valence-corrected chi connectivity index (χ1v) is 8.19. The van der Waals surface area contributed by atoms with Crippen LogP contribution in [0.2, 0.25) is 0 Å². The molecule has 0 aliphatic carbocycles. The minimum atomic E-state index is -3.59. The summed E-state index contributed by atoms with van der Waals surface area (Å²) < 4.78 is 31.9. The number of hydrogen-bond acceptors (Lipinski definition) is 4. The Balaban J connectivity index is 2.77. The van der Waals surface area contributed by atoms with Gasteiger partial charge in [0.2, 0.25) is 10.0 Å². The summed E-state index contributed by atoms with van der Waals surface area (Å²) in [5.41, 5.74) is 0.792. The maximum atomic E-state index is 12.2. The zero-order valence-electron chi connectivity index (χ0n) is 12.2. The summed E-state index contributed by atoms with van der Waals surface area (Å²) in [4.78, 5) is 10.7. The van der Waals surface area contributed by atoms with E-state index in [1.54, 1.807) is 12.1 Å². The number of ether oxygens (including phenoxy) is 1. The molecule has 0 aromatic heterocycles. The lowest BCUT2D eigenvalue weighted by molar-refractivity contribution is -0.136. The average molecular weight is 315 g/mol. The molecule has 0 fully saturated rings. The first-order chi connectivity index (χ1) is 9.89. The molecular weight excluding hydrogens is 294 g/mol. The van der Waals surface area contributed by atoms with Gasteiger partial charge in [-0.15, -0.1) is 0 Å². The third-order valence-electron chi connectivity index (χ3n) is 3.04. The Morgan fingerprint density at radius 3 is 2.43 bits per heavy atom. The Bertz CT molecular complexity index is 553. The molecule has 0 aliphatic heterocycles. The van der Waals surface area contributed by atoms with Crippen molar-refractivity contribution in [3.8, 4) is 0 Å². The molecule has 0 amide bonds. The first kappa shape index (κ1) is 17.6. The molecule has 0 heterocycles. The van der Waals surface area contributed by atoms with Gasteiger partial charge in [0.05, 0.1) is 11.5 Å². The molecule has 7 heteroatoms. The summed E-state index contributed by atoms with van der Waals surface area (Å²) in [5.74, 6) is -0.876. The molecule has 0 saturated carbocycles. The summed E-state index contributed by atoms with van der Waals surface area (Å²) in [7, 11) is -2.07. The first-order valence-electron chi connectivity index (χ1n) is 6.71. The third-order valence-corrected chi connectivity index (χ3v) is 4.58. The fraction of sp³-hybridized carbons (Fsp3) is 0.500. The van der Waals surface area contributed by atoms with Crippen molar-refractivity contribution in [1.29, 1.82) is 0 Å². The lowest BCUT2D eigenvalue weighted by atomic mass is 10.1. The van der Waals surface area contributed by atoms with Crippen LogP contribution < -0.4 is 4.72 Å². The van der Waals surface area contributed by atoms with E-state index in [0.29, 0.717) is 19.4 Å². The molecule has 0 radical (unpaired) electrons. The monoisotopic (exact) mass is 315 g/mol. The zero-order valence-corrected chi connectivity index (χ0v) is 13.0. The molecule has 21 heavy (non-hydrogen) atoms. The van der Waals surface area contributed by atoms with Gasteiger partial charge in [-0.3, -0.25) is 4.79 Å². The summed E-state index contributed by atoms with van der Waals surface area (Å²) in [5, 5.41) is 8.62. The van der Waals surface area contributed by atoms with Gasteiger partial charge in [-0.2, -0.15) is 0 Å². The number of nitrogens with one attached hydrogen (secondary N) is 1. The van der Waals surface area contributed by atoms with Gasteiger partial charge in [-0.25, -0.2) is 13.1 Å². The van der Waals surface area contributed by atoms with Crippen LogP contribution in [0.5, 0.6) is 0 Å². The number of rotatable bonds is 9. The van der Waals surface area contributed by atoms with Crippen molar-refractivity contribution < 1.29 is 23.1 Å². The lowest BCUT2D eigenvalue weighted by Gasteiger charge is -2.16. The van der Waals surface area contributed by atoms with Gasteiger partial charge in [0.15, 0.2) is 0 Å². The van der Waals surface area contributed by atoms with Crippen molar-refractivity contribution in [3.63, 3.8) is 0 Å². The second-order valence-electron chi connectivity index (χ2n) is 4.72. The number of sulfonamides is 1. The molecular formula is C14H21NO5S. The van der Waals surface area contributed by atoms with E-state index < -0.39 is 16.0 Å². The highest BCUT2D eigenvalue weighted by atomic mass is 32.2. The van der Waals surface area contributed by atoms with Crippen LogP contribution in [0.25, 0.3) is 0 Å². The molecule has 1 rings (SSSR count). The van der Waals surface area contributed by atoms with Gasteiger partial charge in [0.25, 0.3) is 0 Å². The van der Waals surface area contributed by atoms with E-state index in [4.69, 9.17) is 9.84 Å². The lowest BCUT2D eigenvalue weighted by Crippen LogP contribution is -2.37. The van der Waals surface area contributed by atoms with Crippen LogP contribution in [-0.2, 0) is 26.0 Å². The van der Waals surface area contributed by atoms with Crippen LogP contribution in [0.3, 0.4) is 0 Å². The second-order valence-corrected chi connectivity index (χ2v) is 6.43. The van der Waals surface area contributed by atoms with Crippen molar-refractivity contribution in [3.05, 3.63) is 29.8 Å². The standard InChI is InChI=1S/C14H21NO5S/c1-3-12(10-20-2)15-21(18,19)13-7-4-11(5-8-13)6-9-14(16)17/h4-5,7-8,12,15H,3,6,9-10H2,1-2H3,(H,16,17). The minimum Gasteiger partial charge on any atom is -0.481 e. The predicted octanol–water partition coefficient (Wildman–Crippen LogP) is 1.41. The molecule has 0 saturated heterocycles. The molecule has 1 aromatic carbocycles. The quantitative estimate of drug-likeness (QED) is 0.718. The van der Waals surface area contributed by atoms with Crippen molar-refractivity contribution in [2.45, 2.75) is 37.1 Å². The van der Waals surface area contributed by atoms with Crippen molar-refractivity contribution in [2.75, 3.05) is 13.7 Å². The molecule has 2 N–H and O–H groups in total. The number of methoxy groups -OCH3 is 1. The van der Waals surface area contributed by atoms with Crippen LogP contribution in [0.15, 0.2) is 29.2 Å². The van der Waals surface area contributed by atoms with Gasteiger partial charge < -0.3 is 9.84 Å². The van der Waals surface area contributed by atoms with Gasteiger partial charge in [0.1, 0.15) is 0 Å². The SMILES string of the molecule is CCC(COC)NS(=O)(=O)c1ccc(CCC(=O)O)cc1. The predicted molar refractivity (Wildman–Crippen MR) is 78.7 cm³/mol. The topological polar surface area (TPSA) is 92.7 Å². The van der Waals surface area contributed by atoms with Crippen LogP contribution in [-0.4, -0.2) is 39.3 Å². The van der Waals surface area contributed by atoms with E-state index in [2.05, 4.69) is 4.72 Å². The molecule has 1 aromatic rings. The van der Waals surface area contributed by atoms with Crippen molar-refractivity contribution in [1.82, 2.24) is 4.72 Å². The fourth-order valence-corrected chi connectivity index (χ4v) is 3.11. The number of carboxylic acids is 1. The molecule has 118 valence electrons. The zero-order chi connectivity index (χ0) is 15.9. The number of hydrogen-bond donors (Lipinski definition) is 2. The Hall–Kier alpha value is -1.44. The molecule has 0 bridgehead atoms. The van der Waals surface area contributed by atoms with Crippen molar-refractivity contribution in [2.24, 2.45) is 0 Å². The molecule has 1 unspecified atom stereocenters. The Labute approximate surface area is 125 Å². The summed E-state index contributed by atoms with van der Waals surface area (Å²) in [6.07, 6.45) is 1.03. The van der Waals surface area contributed by atoms with Crippen LogP contribution in [0, 0.1) is 0 Å². The smallest absolute Gasteiger partial charge is 0.303 e. The highest BCUT2D eigenvalue weighted by molar-refractivity contribution is 7.89. The maximum absolute atomic E-state index is 12.2. The number of aliphatic carboxylic acids is 1. The van der Waals surface area contributed by atoms with E-state index in [0.717, 1.165) is 5.56 Å². The summed E-state index contributed by atoms with van der Waals surface area (Å²) in [6.45, 7) is 2.19. The van der Waals surface area contributed by atoms with Gasteiger partial charge >= 0.3 is 5.97 Å². The molecule has 0 spiro atoms. The van der Waals surface area contributed by atoms with Gasteiger partial charge in [-0.05, 0) is 30.5 Å². The Morgan fingerprint density at radius 1 is 1.33 bits per heavy atom.